The topological polar surface area (TPSA) is 33.3 Å². The monoisotopic (exact) mass is 182 g/mol. The molecule has 3 heteroatoms. The molecule has 13 heavy (non-hydrogen) atoms. The van der Waals surface area contributed by atoms with Crippen LogP contribution in [0.1, 0.15) is 19.4 Å². The molecule has 0 unspecified atom stereocenters. The van der Waals surface area contributed by atoms with Crippen molar-refractivity contribution >= 4 is 0 Å². The summed E-state index contributed by atoms with van der Waals surface area (Å²) in [7, 11) is 1.71. The van der Waals surface area contributed by atoms with E-state index in [0.717, 1.165) is 0 Å². The van der Waals surface area contributed by atoms with E-state index < -0.39 is 0 Å². The van der Waals surface area contributed by atoms with Crippen LogP contribution in [0.2, 0.25) is 0 Å². The van der Waals surface area contributed by atoms with E-state index in [0.29, 0.717) is 6.54 Å². The van der Waals surface area contributed by atoms with Crippen LogP contribution in [0.5, 0.6) is 0 Å². The highest BCUT2D eigenvalue weighted by Crippen LogP contribution is 1.96. The van der Waals surface area contributed by atoms with Gasteiger partial charge >= 0.3 is 0 Å². The van der Waals surface area contributed by atoms with Gasteiger partial charge in [0.2, 0.25) is 0 Å². The Labute approximate surface area is 80.0 Å². The lowest BCUT2D eigenvalue weighted by molar-refractivity contribution is -0.0291. The van der Waals surface area contributed by atoms with Crippen LogP contribution in [0.3, 0.4) is 0 Å². The Hall–Kier alpha value is -0.900. The summed E-state index contributed by atoms with van der Waals surface area (Å²) in [6, 6.07) is 10.0. The normalized spacial score (nSPS) is 8.85. The molecule has 1 rings (SSSR count). The van der Waals surface area contributed by atoms with Gasteiger partial charge in [0.15, 0.2) is 0 Å². The number of hydrogen-bond acceptors (Lipinski definition) is 3. The van der Waals surface area contributed by atoms with Crippen LogP contribution < -0.4 is 11.0 Å². The van der Waals surface area contributed by atoms with Gasteiger partial charge in [0, 0.05) is 13.6 Å². The van der Waals surface area contributed by atoms with E-state index in [-0.39, 0.29) is 0 Å². The van der Waals surface area contributed by atoms with Gasteiger partial charge < -0.3 is 0 Å². The van der Waals surface area contributed by atoms with Crippen LogP contribution >= 0.6 is 0 Å². The lowest BCUT2D eigenvalue weighted by Crippen LogP contribution is -2.21. The van der Waals surface area contributed by atoms with Crippen molar-refractivity contribution < 1.29 is 4.94 Å². The SMILES string of the molecule is CC.CNONCc1ccccc1. The lowest BCUT2D eigenvalue weighted by Gasteiger charge is -2.02. The summed E-state index contributed by atoms with van der Waals surface area (Å²) in [6.45, 7) is 4.71. The van der Waals surface area contributed by atoms with Gasteiger partial charge in [-0.15, -0.1) is 0 Å². The Morgan fingerprint density at radius 1 is 1.15 bits per heavy atom. The summed E-state index contributed by atoms with van der Waals surface area (Å²) in [6.07, 6.45) is 0. The predicted molar refractivity (Wildman–Crippen MR) is 54.8 cm³/mol. The summed E-state index contributed by atoms with van der Waals surface area (Å²) in [5, 5.41) is 0. The minimum Gasteiger partial charge on any atom is -0.214 e. The first-order valence-electron chi connectivity index (χ1n) is 4.53. The Morgan fingerprint density at radius 3 is 2.31 bits per heavy atom. The molecule has 0 heterocycles. The molecular formula is C10H18N2O. The molecule has 2 N–H and O–H groups in total. The molecule has 0 aliphatic heterocycles. The fraction of sp³-hybridized carbons (Fsp3) is 0.400. The first kappa shape index (κ1) is 12.1. The van der Waals surface area contributed by atoms with Crippen LogP contribution in [0.25, 0.3) is 0 Å². The van der Waals surface area contributed by atoms with Crippen LogP contribution in [0.15, 0.2) is 30.3 Å². The number of nitrogens with one attached hydrogen (secondary N) is 2. The summed E-state index contributed by atoms with van der Waals surface area (Å²) in [5.41, 5.74) is 6.46. The molecule has 1 aromatic rings. The zero-order chi connectivity index (χ0) is 9.94. The summed E-state index contributed by atoms with van der Waals surface area (Å²) >= 11 is 0. The summed E-state index contributed by atoms with van der Waals surface area (Å²) < 4.78 is 0. The van der Waals surface area contributed by atoms with Gasteiger partial charge in [-0.3, -0.25) is 0 Å². The molecule has 0 amide bonds. The minimum absolute atomic E-state index is 0.710. The van der Waals surface area contributed by atoms with Gasteiger partial charge in [-0.25, -0.2) is 4.94 Å². The maximum Gasteiger partial charge on any atom is 0.0479 e. The number of hydroxylamine groups is 2. The maximum atomic E-state index is 4.74. The third kappa shape index (κ3) is 6.28. The number of rotatable bonds is 4. The van der Waals surface area contributed by atoms with E-state index >= 15 is 0 Å². The van der Waals surface area contributed by atoms with Crippen molar-refractivity contribution in [3.05, 3.63) is 35.9 Å². The third-order valence-electron chi connectivity index (χ3n) is 1.29. The fourth-order valence-corrected chi connectivity index (χ4v) is 0.787. The molecule has 1 aromatic carbocycles. The van der Waals surface area contributed by atoms with E-state index in [1.54, 1.807) is 7.05 Å². The highest BCUT2D eigenvalue weighted by molar-refractivity contribution is 5.13. The Balaban J connectivity index is 0.000000671. The molecular weight excluding hydrogens is 164 g/mol. The van der Waals surface area contributed by atoms with Crippen molar-refractivity contribution in [1.29, 1.82) is 0 Å². The van der Waals surface area contributed by atoms with E-state index in [1.165, 1.54) is 5.56 Å². The average Bonchev–Trinajstić information content (AvgIpc) is 2.23. The summed E-state index contributed by atoms with van der Waals surface area (Å²) in [5.74, 6) is 0. The second-order valence-corrected chi connectivity index (χ2v) is 2.11. The standard InChI is InChI=1S/C8H12N2O.C2H6/c1-9-11-10-7-8-5-3-2-4-6-8;1-2/h2-6,9-10H,7H2,1H3;1-2H3. The van der Waals surface area contributed by atoms with Crippen LogP contribution in [0.4, 0.5) is 0 Å². The molecule has 0 spiro atoms. The molecule has 0 saturated heterocycles. The zero-order valence-electron chi connectivity index (χ0n) is 8.50. The molecule has 0 aliphatic rings. The minimum atomic E-state index is 0.710. The van der Waals surface area contributed by atoms with Gasteiger partial charge in [-0.2, -0.15) is 11.0 Å². The van der Waals surface area contributed by atoms with E-state index in [9.17, 15) is 0 Å². The molecule has 0 saturated carbocycles. The smallest absolute Gasteiger partial charge is 0.0479 e. The van der Waals surface area contributed by atoms with Crippen molar-refractivity contribution in [3.8, 4) is 0 Å². The first-order chi connectivity index (χ1) is 6.43. The first-order valence-corrected chi connectivity index (χ1v) is 4.53. The van der Waals surface area contributed by atoms with Gasteiger partial charge in [-0.05, 0) is 5.56 Å². The molecule has 0 fully saturated rings. The Morgan fingerprint density at radius 2 is 1.77 bits per heavy atom. The molecule has 74 valence electrons. The quantitative estimate of drug-likeness (QED) is 0.551. The molecule has 3 nitrogen and oxygen atoms in total. The summed E-state index contributed by atoms with van der Waals surface area (Å²) in [4.78, 5) is 4.74. The predicted octanol–water partition coefficient (Wildman–Crippen LogP) is 1.87. The van der Waals surface area contributed by atoms with E-state index in [2.05, 4.69) is 11.0 Å². The highest BCUT2D eigenvalue weighted by atomic mass is 16.8. The van der Waals surface area contributed by atoms with Crippen molar-refractivity contribution in [1.82, 2.24) is 11.0 Å². The highest BCUT2D eigenvalue weighted by Gasteiger charge is 1.87. The Kier molecular flexibility index (Phi) is 8.55. The van der Waals surface area contributed by atoms with Crippen LogP contribution in [-0.2, 0) is 11.5 Å². The molecule has 0 aliphatic carbocycles. The van der Waals surface area contributed by atoms with Gasteiger partial charge in [-0.1, -0.05) is 44.2 Å². The van der Waals surface area contributed by atoms with Crippen molar-refractivity contribution in [2.24, 2.45) is 0 Å². The second kappa shape index (κ2) is 9.19. The Bertz CT molecular complexity index is 189. The maximum absolute atomic E-state index is 4.74. The molecule has 0 aromatic heterocycles. The van der Waals surface area contributed by atoms with Crippen molar-refractivity contribution in [2.75, 3.05) is 7.05 Å². The fourth-order valence-electron chi connectivity index (χ4n) is 0.787. The van der Waals surface area contributed by atoms with Crippen molar-refractivity contribution in [3.63, 3.8) is 0 Å². The number of hydrogen-bond donors (Lipinski definition) is 2. The van der Waals surface area contributed by atoms with E-state index in [4.69, 9.17) is 4.94 Å². The van der Waals surface area contributed by atoms with Gasteiger partial charge in [0.1, 0.15) is 0 Å². The largest absolute Gasteiger partial charge is 0.214 e. The van der Waals surface area contributed by atoms with Gasteiger partial charge in [0.25, 0.3) is 0 Å². The van der Waals surface area contributed by atoms with Crippen molar-refractivity contribution in [2.45, 2.75) is 20.4 Å². The third-order valence-corrected chi connectivity index (χ3v) is 1.29. The molecule has 0 atom stereocenters. The van der Waals surface area contributed by atoms with Crippen LogP contribution in [0, 0.1) is 0 Å². The van der Waals surface area contributed by atoms with Gasteiger partial charge in [0.05, 0.1) is 0 Å². The zero-order valence-corrected chi connectivity index (χ0v) is 8.50. The molecule has 0 bridgehead atoms. The van der Waals surface area contributed by atoms with E-state index in [1.807, 2.05) is 44.2 Å². The second-order valence-electron chi connectivity index (χ2n) is 2.11. The van der Waals surface area contributed by atoms with Crippen LogP contribution in [-0.4, -0.2) is 7.05 Å². The molecule has 0 radical (unpaired) electrons. The lowest BCUT2D eigenvalue weighted by atomic mass is 10.2. The number of benzene rings is 1. The average molecular weight is 182 g/mol.